The number of nitriles is 2. The van der Waals surface area contributed by atoms with Gasteiger partial charge in [-0.15, -0.1) is 0 Å². The van der Waals surface area contributed by atoms with Gasteiger partial charge >= 0.3 is 17.9 Å². The topological polar surface area (TPSA) is 175 Å². The minimum absolute atomic E-state index is 0.101. The van der Waals surface area contributed by atoms with Crippen molar-refractivity contribution in [1.29, 1.82) is 10.5 Å². The van der Waals surface area contributed by atoms with Gasteiger partial charge in [-0.1, -0.05) is 36.4 Å². The van der Waals surface area contributed by atoms with Crippen LogP contribution >= 0.6 is 0 Å². The molecule has 1 saturated heterocycles. The second kappa shape index (κ2) is 19.5. The monoisotopic (exact) mass is 754 g/mol. The number of carbonyl (C=O) groups is 5. The van der Waals surface area contributed by atoms with Gasteiger partial charge in [0.1, 0.15) is 29.2 Å². The third-order valence-corrected chi connectivity index (χ3v) is 8.34. The Bertz CT molecular complexity index is 2080. The molecule has 14 heteroatoms. The molecular weight excluding hydrogens is 716 g/mol. The summed E-state index contributed by atoms with van der Waals surface area (Å²) in [5, 5.41) is 21.4. The molecule has 1 aliphatic rings. The number of esters is 3. The highest BCUT2D eigenvalue weighted by atomic mass is 16.5. The lowest BCUT2D eigenvalue weighted by Gasteiger charge is -2.28. The van der Waals surface area contributed by atoms with E-state index >= 15 is 0 Å². The molecule has 0 N–H and O–H groups in total. The summed E-state index contributed by atoms with van der Waals surface area (Å²) in [6.45, 7) is 12.9. The van der Waals surface area contributed by atoms with Gasteiger partial charge in [0.2, 0.25) is 0 Å². The zero-order valence-corrected chi connectivity index (χ0v) is 31.2. The Balaban J connectivity index is 1.63. The lowest BCUT2D eigenvalue weighted by molar-refractivity contribution is -0.138. The summed E-state index contributed by atoms with van der Waals surface area (Å²) in [4.78, 5) is 69.8. The van der Waals surface area contributed by atoms with E-state index in [1.165, 1.54) is 28.2 Å². The van der Waals surface area contributed by atoms with Crippen molar-refractivity contribution in [3.05, 3.63) is 118 Å². The number of hydrazine groups is 1. The zero-order chi connectivity index (χ0) is 40.8. The van der Waals surface area contributed by atoms with E-state index in [0.717, 1.165) is 5.69 Å². The molecule has 3 aromatic rings. The van der Waals surface area contributed by atoms with Crippen LogP contribution in [0, 0.1) is 35.2 Å². The fourth-order valence-corrected chi connectivity index (χ4v) is 5.56. The molecule has 0 aromatic heterocycles. The first-order valence-corrected chi connectivity index (χ1v) is 17.5. The van der Waals surface area contributed by atoms with Gasteiger partial charge in [0.25, 0.3) is 17.5 Å². The summed E-state index contributed by atoms with van der Waals surface area (Å²) in [5.41, 5.74) is 2.48. The third-order valence-electron chi connectivity index (χ3n) is 8.34. The minimum atomic E-state index is -1.08. The smallest absolute Gasteiger partial charge is 0.348 e. The maximum absolute atomic E-state index is 14.1. The molecule has 0 atom stereocenters. The molecule has 0 aliphatic carbocycles. The lowest BCUT2D eigenvalue weighted by atomic mass is 10.0. The van der Waals surface area contributed by atoms with E-state index in [-0.39, 0.29) is 43.1 Å². The van der Waals surface area contributed by atoms with Crippen LogP contribution in [0.3, 0.4) is 0 Å². The quantitative estimate of drug-likeness (QED) is 0.0452. The van der Waals surface area contributed by atoms with Crippen molar-refractivity contribution < 1.29 is 38.2 Å². The number of hydrogen-bond acceptors (Lipinski definition) is 11. The number of rotatable bonds is 15. The highest BCUT2D eigenvalue weighted by Crippen LogP contribution is 2.34. The average molecular weight is 755 g/mol. The summed E-state index contributed by atoms with van der Waals surface area (Å²) in [7, 11) is 1.81. The molecule has 284 valence electrons. The van der Waals surface area contributed by atoms with Crippen LogP contribution in [0.4, 0.5) is 17.1 Å². The van der Waals surface area contributed by atoms with Crippen LogP contribution < -0.4 is 14.9 Å². The van der Waals surface area contributed by atoms with Gasteiger partial charge in [0.15, 0.2) is 0 Å². The Hall–Kier alpha value is -7.50. The van der Waals surface area contributed by atoms with Crippen molar-refractivity contribution in [2.75, 3.05) is 48.3 Å². The number of benzene rings is 3. The Morgan fingerprint density at radius 2 is 1.09 bits per heavy atom. The molecule has 2 amide bonds. The molecule has 4 rings (SSSR count). The number of carbonyl (C=O) groups excluding carboxylic acids is 5. The Labute approximate surface area is 324 Å². The van der Waals surface area contributed by atoms with Crippen LogP contribution in [0.2, 0.25) is 0 Å². The van der Waals surface area contributed by atoms with E-state index in [4.69, 9.17) is 20.8 Å². The van der Waals surface area contributed by atoms with E-state index in [1.807, 2.05) is 24.1 Å². The Morgan fingerprint density at radius 1 is 0.696 bits per heavy atom. The lowest BCUT2D eigenvalue weighted by Crippen LogP contribution is -2.41. The SMILES string of the molecule is [C-]#[N+]/C(=C\c1ccc(N(C)CCC2C(=O)N(c3ccc(/C=C(\C#N)C(=O)OCC)cc3)N(c3ccc(/C=C(\C#N)C(=O)OCC)cc3)C2=O)cc1)C(=O)OCC. The van der Waals surface area contributed by atoms with Gasteiger partial charge in [-0.25, -0.2) is 24.5 Å². The summed E-state index contributed by atoms with van der Waals surface area (Å²) < 4.78 is 14.8. The molecule has 14 nitrogen and oxygen atoms in total. The second-order valence-corrected chi connectivity index (χ2v) is 12.0. The molecule has 0 radical (unpaired) electrons. The maximum Gasteiger partial charge on any atom is 0.348 e. The summed E-state index contributed by atoms with van der Waals surface area (Å²) in [6, 6.07) is 23.5. The number of nitrogens with zero attached hydrogens (tertiary/aromatic N) is 6. The third kappa shape index (κ3) is 9.92. The number of ether oxygens (including phenoxy) is 3. The molecule has 0 spiro atoms. The molecule has 0 unspecified atom stereocenters. The van der Waals surface area contributed by atoms with Gasteiger partial charge in [-0.05, 0) is 98.5 Å². The van der Waals surface area contributed by atoms with E-state index < -0.39 is 35.6 Å². The molecule has 1 aliphatic heterocycles. The van der Waals surface area contributed by atoms with Crippen molar-refractivity contribution in [2.45, 2.75) is 27.2 Å². The standard InChI is InChI=1S/C42H38N6O8/c1-6-54-40(51)31(26-43)23-28-11-17-34(18-12-28)47-38(49)36(21-22-46(5)33-15-9-30(10-16-33)25-37(45-4)42(53)56-8-3)39(50)48(47)35-19-13-29(14-20-35)24-32(27-44)41(52)55-7-2/h9-20,23-25,36H,6-8,21-22H2,1-3,5H3/b31-23+,32-24+,37-25-. The fraction of sp³-hybridized carbons (Fsp3) is 0.238. The Morgan fingerprint density at radius 3 is 1.48 bits per heavy atom. The van der Waals surface area contributed by atoms with Crippen molar-refractivity contribution in [1.82, 2.24) is 0 Å². The van der Waals surface area contributed by atoms with Gasteiger partial charge in [-0.2, -0.15) is 10.5 Å². The van der Waals surface area contributed by atoms with E-state index in [9.17, 15) is 34.5 Å². The van der Waals surface area contributed by atoms with Crippen LogP contribution in [0.5, 0.6) is 0 Å². The van der Waals surface area contributed by atoms with Crippen LogP contribution in [0.25, 0.3) is 23.1 Å². The highest BCUT2D eigenvalue weighted by molar-refractivity contribution is 6.23. The fourth-order valence-electron chi connectivity index (χ4n) is 5.56. The van der Waals surface area contributed by atoms with Crippen molar-refractivity contribution >= 4 is 65.0 Å². The molecule has 0 saturated carbocycles. The average Bonchev–Trinajstić information content (AvgIpc) is 3.45. The van der Waals surface area contributed by atoms with Crippen LogP contribution in [-0.4, -0.2) is 63.1 Å². The highest BCUT2D eigenvalue weighted by Gasteiger charge is 2.47. The molecule has 56 heavy (non-hydrogen) atoms. The Kier molecular flexibility index (Phi) is 14.4. The van der Waals surface area contributed by atoms with Crippen molar-refractivity contribution in [2.24, 2.45) is 5.92 Å². The summed E-state index contributed by atoms with van der Waals surface area (Å²) >= 11 is 0. The zero-order valence-electron chi connectivity index (χ0n) is 31.2. The normalized spacial score (nSPS) is 13.4. The molecule has 1 heterocycles. The van der Waals surface area contributed by atoms with E-state index in [1.54, 1.807) is 93.6 Å². The van der Waals surface area contributed by atoms with Gasteiger partial charge in [-0.3, -0.25) is 14.4 Å². The first-order chi connectivity index (χ1) is 27.0. The van der Waals surface area contributed by atoms with Gasteiger partial charge in [0.05, 0.1) is 37.8 Å². The summed E-state index contributed by atoms with van der Waals surface area (Å²) in [6.07, 6.45) is 4.30. The van der Waals surface area contributed by atoms with Crippen LogP contribution in [0.15, 0.2) is 89.6 Å². The van der Waals surface area contributed by atoms with Gasteiger partial charge in [0, 0.05) is 19.3 Å². The largest absolute Gasteiger partial charge is 0.471 e. The summed E-state index contributed by atoms with van der Waals surface area (Å²) in [5.74, 6) is -4.29. The number of hydrogen-bond donors (Lipinski definition) is 0. The molecule has 1 fully saturated rings. The molecular formula is C42H38N6O8. The first-order valence-electron chi connectivity index (χ1n) is 17.5. The molecule has 3 aromatic carbocycles. The van der Waals surface area contributed by atoms with Crippen LogP contribution in [-0.2, 0) is 38.2 Å². The number of amides is 2. The van der Waals surface area contributed by atoms with E-state index in [2.05, 4.69) is 4.85 Å². The second-order valence-electron chi connectivity index (χ2n) is 12.0. The van der Waals surface area contributed by atoms with Crippen molar-refractivity contribution in [3.63, 3.8) is 0 Å². The van der Waals surface area contributed by atoms with Gasteiger partial charge < -0.3 is 19.1 Å². The molecule has 0 bridgehead atoms. The maximum atomic E-state index is 14.1. The van der Waals surface area contributed by atoms with Crippen molar-refractivity contribution in [3.8, 4) is 12.1 Å². The number of anilines is 3. The predicted octanol–water partition coefficient (Wildman–Crippen LogP) is 5.89. The van der Waals surface area contributed by atoms with E-state index in [0.29, 0.717) is 34.6 Å². The first kappa shape index (κ1) is 41.3. The predicted molar refractivity (Wildman–Crippen MR) is 207 cm³/mol. The van der Waals surface area contributed by atoms with Crippen LogP contribution in [0.1, 0.15) is 43.9 Å². The minimum Gasteiger partial charge on any atom is -0.471 e.